The first-order valence-corrected chi connectivity index (χ1v) is 5.66. The second kappa shape index (κ2) is 4.45. The van der Waals surface area contributed by atoms with E-state index in [1.165, 1.54) is 0 Å². The first-order chi connectivity index (χ1) is 8.06. The van der Waals surface area contributed by atoms with Gasteiger partial charge in [0.1, 0.15) is 5.76 Å². The summed E-state index contributed by atoms with van der Waals surface area (Å²) in [5.41, 5.74) is 0.856. The molecule has 1 aromatic carbocycles. The molecule has 0 spiro atoms. The van der Waals surface area contributed by atoms with Crippen molar-refractivity contribution >= 4 is 11.0 Å². The lowest BCUT2D eigenvalue weighted by atomic mass is 10.1. The summed E-state index contributed by atoms with van der Waals surface area (Å²) in [7, 11) is 0. The number of furan rings is 1. The van der Waals surface area contributed by atoms with Crippen LogP contribution in [-0.2, 0) is 0 Å². The Morgan fingerprint density at radius 3 is 2.71 bits per heavy atom. The van der Waals surface area contributed by atoms with Crippen LogP contribution >= 0.6 is 0 Å². The number of aryl methyl sites for hydroxylation is 1. The molecule has 4 heteroatoms. The Morgan fingerprint density at radius 1 is 1.35 bits per heavy atom. The van der Waals surface area contributed by atoms with Crippen molar-refractivity contribution in [3.63, 3.8) is 0 Å². The Bertz CT molecular complexity index is 548. The molecule has 0 aliphatic heterocycles. The van der Waals surface area contributed by atoms with Gasteiger partial charge in [0.2, 0.25) is 5.82 Å². The molecule has 0 aliphatic carbocycles. The van der Waals surface area contributed by atoms with E-state index >= 15 is 0 Å². The summed E-state index contributed by atoms with van der Waals surface area (Å²) < 4.78 is 32.1. The van der Waals surface area contributed by atoms with Crippen LogP contribution in [0.15, 0.2) is 16.5 Å². The maximum atomic E-state index is 13.6. The highest BCUT2D eigenvalue weighted by Gasteiger charge is 2.19. The molecule has 1 N–H and O–H groups in total. The first kappa shape index (κ1) is 12.0. The van der Waals surface area contributed by atoms with E-state index in [9.17, 15) is 8.78 Å². The minimum Gasteiger partial charge on any atom is -0.456 e. The summed E-state index contributed by atoms with van der Waals surface area (Å²) in [6, 6.07) is 2.66. The fraction of sp³-hybridized carbons (Fsp3) is 0.385. The highest BCUT2D eigenvalue weighted by atomic mass is 19.2. The average molecular weight is 239 g/mol. The maximum absolute atomic E-state index is 13.6. The van der Waals surface area contributed by atoms with Crippen LogP contribution in [-0.4, -0.2) is 6.54 Å². The fourth-order valence-corrected chi connectivity index (χ4v) is 2.06. The summed E-state index contributed by atoms with van der Waals surface area (Å²) in [6.45, 7) is 6.55. The topological polar surface area (TPSA) is 25.2 Å². The molecule has 0 aliphatic rings. The van der Waals surface area contributed by atoms with E-state index in [4.69, 9.17) is 4.42 Å². The van der Waals surface area contributed by atoms with E-state index in [2.05, 4.69) is 5.32 Å². The number of benzene rings is 1. The molecule has 0 fully saturated rings. The van der Waals surface area contributed by atoms with Gasteiger partial charge in [0, 0.05) is 10.9 Å². The normalized spacial score (nSPS) is 13.2. The summed E-state index contributed by atoms with van der Waals surface area (Å²) in [6.07, 6.45) is 0. The van der Waals surface area contributed by atoms with Gasteiger partial charge in [0.15, 0.2) is 11.4 Å². The van der Waals surface area contributed by atoms with Crippen LogP contribution in [0, 0.1) is 18.6 Å². The molecular formula is C13H15F2NO. The number of nitrogens with one attached hydrogen (secondary N) is 1. The summed E-state index contributed by atoms with van der Waals surface area (Å²) in [5, 5.41) is 3.82. The van der Waals surface area contributed by atoms with E-state index in [1.807, 2.05) is 20.8 Å². The second-order valence-electron chi connectivity index (χ2n) is 4.11. The Balaban J connectivity index is 2.60. The SMILES string of the molecule is CCNC(C)c1oc2c(F)c(F)ccc2c1C. The quantitative estimate of drug-likeness (QED) is 0.883. The molecule has 2 nitrogen and oxygen atoms in total. The van der Waals surface area contributed by atoms with Gasteiger partial charge < -0.3 is 9.73 Å². The molecule has 1 aromatic heterocycles. The van der Waals surface area contributed by atoms with Crippen LogP contribution in [0.25, 0.3) is 11.0 Å². The van der Waals surface area contributed by atoms with E-state index in [1.54, 1.807) is 6.07 Å². The van der Waals surface area contributed by atoms with Crippen LogP contribution in [0.3, 0.4) is 0 Å². The van der Waals surface area contributed by atoms with Crippen molar-refractivity contribution in [3.8, 4) is 0 Å². The molecule has 92 valence electrons. The third kappa shape index (κ3) is 1.93. The van der Waals surface area contributed by atoms with Gasteiger partial charge >= 0.3 is 0 Å². The predicted molar refractivity (Wildman–Crippen MR) is 63.0 cm³/mol. The van der Waals surface area contributed by atoms with Gasteiger partial charge in [-0.15, -0.1) is 0 Å². The molecule has 2 aromatic rings. The second-order valence-corrected chi connectivity index (χ2v) is 4.11. The molecule has 0 amide bonds. The van der Waals surface area contributed by atoms with Crippen molar-refractivity contribution < 1.29 is 13.2 Å². The summed E-state index contributed by atoms with van der Waals surface area (Å²) in [5.74, 6) is -1.14. The zero-order valence-electron chi connectivity index (χ0n) is 10.1. The van der Waals surface area contributed by atoms with Gasteiger partial charge in [0.05, 0.1) is 6.04 Å². The third-order valence-electron chi connectivity index (χ3n) is 2.94. The van der Waals surface area contributed by atoms with Crippen molar-refractivity contribution in [2.45, 2.75) is 26.8 Å². The standard InChI is InChI=1S/C13H15F2NO/c1-4-16-8(3)12-7(2)9-5-6-10(14)11(15)13(9)17-12/h5-6,8,16H,4H2,1-3H3. The Morgan fingerprint density at radius 2 is 2.06 bits per heavy atom. The average Bonchev–Trinajstić information content (AvgIpc) is 2.63. The molecule has 0 radical (unpaired) electrons. The van der Waals surface area contributed by atoms with Crippen molar-refractivity contribution in [1.29, 1.82) is 0 Å². The lowest BCUT2D eigenvalue weighted by molar-refractivity contribution is 0.437. The van der Waals surface area contributed by atoms with E-state index in [0.717, 1.165) is 18.2 Å². The van der Waals surface area contributed by atoms with E-state index < -0.39 is 11.6 Å². The number of hydrogen-bond donors (Lipinski definition) is 1. The van der Waals surface area contributed by atoms with Crippen molar-refractivity contribution in [2.75, 3.05) is 6.54 Å². The van der Waals surface area contributed by atoms with E-state index in [0.29, 0.717) is 11.1 Å². The highest BCUT2D eigenvalue weighted by molar-refractivity contribution is 5.82. The monoisotopic (exact) mass is 239 g/mol. The lowest BCUT2D eigenvalue weighted by Crippen LogP contribution is -2.17. The molecule has 17 heavy (non-hydrogen) atoms. The third-order valence-corrected chi connectivity index (χ3v) is 2.94. The fourth-order valence-electron chi connectivity index (χ4n) is 2.06. The highest BCUT2D eigenvalue weighted by Crippen LogP contribution is 2.31. The van der Waals surface area contributed by atoms with Crippen LogP contribution in [0.5, 0.6) is 0 Å². The minimum atomic E-state index is -0.916. The summed E-state index contributed by atoms with van der Waals surface area (Å²) >= 11 is 0. The van der Waals surface area contributed by atoms with Crippen LogP contribution in [0.4, 0.5) is 8.78 Å². The maximum Gasteiger partial charge on any atom is 0.201 e. The molecule has 1 heterocycles. The Labute approximate surface area is 98.6 Å². The van der Waals surface area contributed by atoms with Crippen LogP contribution in [0.1, 0.15) is 31.2 Å². The molecule has 0 saturated carbocycles. The first-order valence-electron chi connectivity index (χ1n) is 5.66. The van der Waals surface area contributed by atoms with Crippen molar-refractivity contribution in [1.82, 2.24) is 5.32 Å². The Hall–Kier alpha value is -1.42. The smallest absolute Gasteiger partial charge is 0.201 e. The van der Waals surface area contributed by atoms with Gasteiger partial charge in [-0.25, -0.2) is 4.39 Å². The molecule has 0 bridgehead atoms. The molecule has 0 saturated heterocycles. The predicted octanol–water partition coefficient (Wildman–Crippen LogP) is 3.69. The molecule has 1 unspecified atom stereocenters. The Kier molecular flexibility index (Phi) is 3.15. The number of hydrogen-bond acceptors (Lipinski definition) is 2. The zero-order chi connectivity index (χ0) is 12.6. The van der Waals surface area contributed by atoms with Crippen LogP contribution in [0.2, 0.25) is 0 Å². The van der Waals surface area contributed by atoms with Crippen molar-refractivity contribution in [2.24, 2.45) is 0 Å². The van der Waals surface area contributed by atoms with Crippen molar-refractivity contribution in [3.05, 3.63) is 35.1 Å². The van der Waals surface area contributed by atoms with Gasteiger partial charge in [-0.05, 0) is 32.5 Å². The van der Waals surface area contributed by atoms with Gasteiger partial charge in [-0.1, -0.05) is 6.92 Å². The van der Waals surface area contributed by atoms with Crippen LogP contribution < -0.4 is 5.32 Å². The number of fused-ring (bicyclic) bond motifs is 1. The van der Waals surface area contributed by atoms with Gasteiger partial charge in [0.25, 0.3) is 0 Å². The lowest BCUT2D eigenvalue weighted by Gasteiger charge is -2.09. The van der Waals surface area contributed by atoms with Gasteiger partial charge in [-0.2, -0.15) is 4.39 Å². The number of halogens is 2. The molecule has 1 atom stereocenters. The molecule has 2 rings (SSSR count). The van der Waals surface area contributed by atoms with E-state index in [-0.39, 0.29) is 11.6 Å². The minimum absolute atomic E-state index is 0.00209. The molecular weight excluding hydrogens is 224 g/mol. The zero-order valence-corrected chi connectivity index (χ0v) is 10.1. The van der Waals surface area contributed by atoms with Gasteiger partial charge in [-0.3, -0.25) is 0 Å². The largest absolute Gasteiger partial charge is 0.456 e. The number of rotatable bonds is 3. The summed E-state index contributed by atoms with van der Waals surface area (Å²) in [4.78, 5) is 0.